The molecule has 23 heavy (non-hydrogen) atoms. The van der Waals surface area contributed by atoms with Crippen LogP contribution in [0.5, 0.6) is 0 Å². The van der Waals surface area contributed by atoms with Crippen LogP contribution in [0, 0.1) is 20.8 Å². The van der Waals surface area contributed by atoms with Gasteiger partial charge < -0.3 is 10.6 Å². The number of hydrogen-bond donors (Lipinski definition) is 2. The van der Waals surface area contributed by atoms with E-state index < -0.39 is 0 Å². The minimum atomic E-state index is 0.690. The van der Waals surface area contributed by atoms with Gasteiger partial charge in [-0.3, -0.25) is 0 Å². The highest BCUT2D eigenvalue weighted by Gasteiger charge is 2.01. The number of rotatable bonds is 6. The number of nitrogens with one attached hydrogen (secondary N) is 2. The molecule has 0 amide bonds. The van der Waals surface area contributed by atoms with E-state index in [-0.39, 0.29) is 0 Å². The first-order valence-corrected chi connectivity index (χ1v) is 9.36. The monoisotopic (exact) mass is 344 g/mol. The van der Waals surface area contributed by atoms with Crippen molar-refractivity contribution in [3.63, 3.8) is 0 Å². The van der Waals surface area contributed by atoms with Crippen molar-refractivity contribution in [2.24, 2.45) is 0 Å². The molecule has 0 aromatic heterocycles. The molecule has 0 saturated carbocycles. The lowest BCUT2D eigenvalue weighted by atomic mass is 10.1. The zero-order valence-electron chi connectivity index (χ0n) is 14.0. The normalized spacial score (nSPS) is 10.4. The molecule has 0 atom stereocenters. The number of thioether (sulfide) groups is 1. The molecule has 4 heteroatoms. The lowest BCUT2D eigenvalue weighted by Crippen LogP contribution is -2.30. The van der Waals surface area contributed by atoms with E-state index in [9.17, 15) is 0 Å². The van der Waals surface area contributed by atoms with Gasteiger partial charge in [0.15, 0.2) is 5.11 Å². The van der Waals surface area contributed by atoms with Gasteiger partial charge in [-0.15, -0.1) is 0 Å². The highest BCUT2D eigenvalue weighted by molar-refractivity contribution is 7.98. The van der Waals surface area contributed by atoms with Crippen LogP contribution in [0.25, 0.3) is 0 Å². The van der Waals surface area contributed by atoms with E-state index in [2.05, 4.69) is 73.9 Å². The predicted molar refractivity (Wildman–Crippen MR) is 107 cm³/mol. The second-order valence-corrected chi connectivity index (χ2v) is 7.25. The zero-order valence-corrected chi connectivity index (χ0v) is 15.6. The van der Waals surface area contributed by atoms with Crippen molar-refractivity contribution in [3.8, 4) is 0 Å². The fraction of sp³-hybridized carbons (Fsp3) is 0.316. The molecule has 0 saturated heterocycles. The van der Waals surface area contributed by atoms with Gasteiger partial charge in [-0.25, -0.2) is 0 Å². The number of thiocarbonyl (C=S) groups is 1. The first-order chi connectivity index (χ1) is 11.0. The second-order valence-electron chi connectivity index (χ2n) is 5.74. The van der Waals surface area contributed by atoms with E-state index in [0.29, 0.717) is 5.11 Å². The standard InChI is InChI=1S/C19H24N2S2/c1-14-5-4-6-17(11-14)13-23-10-9-20-19(22)21-18-12-15(2)7-8-16(18)3/h4-8,11-12H,9-10,13H2,1-3H3,(H2,20,21,22). The summed E-state index contributed by atoms with van der Waals surface area (Å²) < 4.78 is 0. The molecule has 0 fully saturated rings. The maximum Gasteiger partial charge on any atom is 0.170 e. The molecule has 0 aliphatic heterocycles. The Morgan fingerprint density at radius 1 is 1.04 bits per heavy atom. The van der Waals surface area contributed by atoms with Gasteiger partial charge >= 0.3 is 0 Å². The summed E-state index contributed by atoms with van der Waals surface area (Å²) in [6.07, 6.45) is 0. The Bertz CT molecular complexity index is 668. The summed E-state index contributed by atoms with van der Waals surface area (Å²) in [4.78, 5) is 0. The Morgan fingerprint density at radius 3 is 2.61 bits per heavy atom. The molecule has 0 heterocycles. The van der Waals surface area contributed by atoms with Gasteiger partial charge in [0, 0.05) is 23.7 Å². The SMILES string of the molecule is Cc1cccc(CSCCNC(=S)Nc2cc(C)ccc2C)c1. The van der Waals surface area contributed by atoms with Crippen LogP contribution in [0.15, 0.2) is 42.5 Å². The maximum atomic E-state index is 5.37. The van der Waals surface area contributed by atoms with Crippen molar-refractivity contribution in [2.75, 3.05) is 17.6 Å². The largest absolute Gasteiger partial charge is 0.362 e. The molecular formula is C19H24N2S2. The van der Waals surface area contributed by atoms with Crippen molar-refractivity contribution in [1.29, 1.82) is 0 Å². The van der Waals surface area contributed by atoms with Crippen molar-refractivity contribution in [3.05, 3.63) is 64.7 Å². The van der Waals surface area contributed by atoms with E-state index in [1.807, 2.05) is 11.8 Å². The number of benzene rings is 2. The minimum Gasteiger partial charge on any atom is -0.362 e. The molecule has 2 N–H and O–H groups in total. The van der Waals surface area contributed by atoms with Gasteiger partial charge in [-0.1, -0.05) is 42.0 Å². The average molecular weight is 345 g/mol. The topological polar surface area (TPSA) is 24.1 Å². The molecular weight excluding hydrogens is 320 g/mol. The van der Waals surface area contributed by atoms with Crippen LogP contribution in [0.4, 0.5) is 5.69 Å². The minimum absolute atomic E-state index is 0.690. The third-order valence-electron chi connectivity index (χ3n) is 3.52. The molecule has 2 aromatic carbocycles. The number of hydrogen-bond acceptors (Lipinski definition) is 2. The summed E-state index contributed by atoms with van der Waals surface area (Å²) in [6, 6.07) is 15.0. The molecule has 2 nitrogen and oxygen atoms in total. The van der Waals surface area contributed by atoms with Crippen molar-refractivity contribution < 1.29 is 0 Å². The molecule has 0 unspecified atom stereocenters. The summed E-state index contributed by atoms with van der Waals surface area (Å²) >= 11 is 7.29. The molecule has 2 rings (SSSR count). The molecule has 0 bridgehead atoms. The first kappa shape index (κ1) is 17.8. The van der Waals surface area contributed by atoms with Gasteiger partial charge in [0.05, 0.1) is 0 Å². The van der Waals surface area contributed by atoms with Crippen molar-refractivity contribution in [1.82, 2.24) is 5.32 Å². The number of aryl methyl sites for hydroxylation is 3. The zero-order chi connectivity index (χ0) is 16.7. The second kappa shape index (κ2) is 8.94. The summed E-state index contributed by atoms with van der Waals surface area (Å²) in [5.41, 5.74) is 6.21. The Labute approximate surface area is 149 Å². The van der Waals surface area contributed by atoms with Crippen LogP contribution in [0.2, 0.25) is 0 Å². The molecule has 122 valence electrons. The van der Waals surface area contributed by atoms with Gasteiger partial charge in [-0.2, -0.15) is 11.8 Å². The fourth-order valence-electron chi connectivity index (χ4n) is 2.27. The number of anilines is 1. The fourth-order valence-corrected chi connectivity index (χ4v) is 3.28. The van der Waals surface area contributed by atoms with E-state index in [1.54, 1.807) is 0 Å². The van der Waals surface area contributed by atoms with Crippen LogP contribution >= 0.6 is 24.0 Å². The Hall–Kier alpha value is -1.52. The van der Waals surface area contributed by atoms with Crippen molar-refractivity contribution >= 4 is 34.8 Å². The smallest absolute Gasteiger partial charge is 0.170 e. The van der Waals surface area contributed by atoms with E-state index in [0.717, 1.165) is 23.7 Å². The Morgan fingerprint density at radius 2 is 1.83 bits per heavy atom. The molecule has 0 aliphatic carbocycles. The molecule has 0 aliphatic rings. The van der Waals surface area contributed by atoms with Crippen molar-refractivity contribution in [2.45, 2.75) is 26.5 Å². The van der Waals surface area contributed by atoms with Crippen LogP contribution in [0.1, 0.15) is 22.3 Å². The maximum absolute atomic E-state index is 5.37. The third kappa shape index (κ3) is 6.24. The summed E-state index contributed by atoms with van der Waals surface area (Å²) in [5, 5.41) is 7.24. The van der Waals surface area contributed by atoms with Gasteiger partial charge in [-0.05, 0) is 55.7 Å². The lowest BCUT2D eigenvalue weighted by molar-refractivity contribution is 0.989. The van der Waals surface area contributed by atoms with E-state index in [4.69, 9.17) is 12.2 Å². The highest BCUT2D eigenvalue weighted by atomic mass is 32.2. The molecule has 2 aromatic rings. The Balaban J connectivity index is 1.68. The van der Waals surface area contributed by atoms with E-state index >= 15 is 0 Å². The van der Waals surface area contributed by atoms with Crippen LogP contribution in [0.3, 0.4) is 0 Å². The highest BCUT2D eigenvalue weighted by Crippen LogP contribution is 2.16. The summed E-state index contributed by atoms with van der Waals surface area (Å²) in [7, 11) is 0. The van der Waals surface area contributed by atoms with Gasteiger partial charge in [0.25, 0.3) is 0 Å². The van der Waals surface area contributed by atoms with Crippen LogP contribution in [-0.2, 0) is 5.75 Å². The van der Waals surface area contributed by atoms with E-state index in [1.165, 1.54) is 22.3 Å². The summed E-state index contributed by atoms with van der Waals surface area (Å²) in [5.74, 6) is 2.07. The van der Waals surface area contributed by atoms with Crippen LogP contribution < -0.4 is 10.6 Å². The Kier molecular flexibility index (Phi) is 6.93. The average Bonchev–Trinajstić information content (AvgIpc) is 2.51. The van der Waals surface area contributed by atoms with Gasteiger partial charge in [0.1, 0.15) is 0 Å². The lowest BCUT2D eigenvalue weighted by Gasteiger charge is -2.13. The molecule has 0 radical (unpaired) electrons. The van der Waals surface area contributed by atoms with Gasteiger partial charge in [0.2, 0.25) is 0 Å². The quantitative estimate of drug-likeness (QED) is 0.579. The first-order valence-electron chi connectivity index (χ1n) is 7.80. The van der Waals surface area contributed by atoms with Crippen LogP contribution in [-0.4, -0.2) is 17.4 Å². The predicted octanol–water partition coefficient (Wildman–Crippen LogP) is 4.83. The molecule has 0 spiro atoms. The summed E-state index contributed by atoms with van der Waals surface area (Å²) in [6.45, 7) is 7.17. The third-order valence-corrected chi connectivity index (χ3v) is 4.80.